The van der Waals surface area contributed by atoms with Crippen LogP contribution in [0.5, 0.6) is 0 Å². The van der Waals surface area contributed by atoms with Crippen LogP contribution in [-0.2, 0) is 16.1 Å². The quantitative estimate of drug-likeness (QED) is 0.342. The highest BCUT2D eigenvalue weighted by atomic mass is 35.5. The van der Waals surface area contributed by atoms with Gasteiger partial charge in [0.05, 0.1) is 10.5 Å². The molecule has 0 aliphatic heterocycles. The second kappa shape index (κ2) is 5.31. The minimum absolute atomic E-state index is 0.0696. The van der Waals surface area contributed by atoms with Gasteiger partial charge in [0.2, 0.25) is 0 Å². The van der Waals surface area contributed by atoms with E-state index in [9.17, 15) is 14.9 Å². The lowest BCUT2D eigenvalue weighted by Crippen LogP contribution is -2.06. The number of nitro benzene ring substituents is 1. The minimum atomic E-state index is -0.602. The van der Waals surface area contributed by atoms with Crippen LogP contribution < -0.4 is 0 Å². The summed E-state index contributed by atoms with van der Waals surface area (Å²) in [7, 11) is 0. The topological polar surface area (TPSA) is 69.4 Å². The minimum Gasteiger partial charge on any atom is -0.460 e. The van der Waals surface area contributed by atoms with E-state index in [1.54, 1.807) is 12.1 Å². The van der Waals surface area contributed by atoms with E-state index in [4.69, 9.17) is 16.3 Å². The van der Waals surface area contributed by atoms with Gasteiger partial charge in [0.1, 0.15) is 12.5 Å². The number of benzene rings is 1. The van der Waals surface area contributed by atoms with Crippen LogP contribution in [0, 0.1) is 10.1 Å². The number of carbonyl (C=O) groups excluding carboxylic acids is 1. The molecular formula is C9H8ClNO4. The van der Waals surface area contributed by atoms with Crippen molar-refractivity contribution in [3.8, 4) is 0 Å². The molecular weight excluding hydrogens is 222 g/mol. The summed E-state index contributed by atoms with van der Waals surface area (Å²) in [5.41, 5.74) is 0.279. The summed E-state index contributed by atoms with van der Waals surface area (Å²) in [6.07, 6.45) is 0. The molecule has 0 unspecified atom stereocenters. The van der Waals surface area contributed by atoms with Crippen LogP contribution in [0.2, 0.25) is 0 Å². The number of para-hydroxylation sites is 1. The van der Waals surface area contributed by atoms with E-state index in [1.807, 2.05) is 0 Å². The van der Waals surface area contributed by atoms with Gasteiger partial charge < -0.3 is 4.74 Å². The van der Waals surface area contributed by atoms with Crippen molar-refractivity contribution < 1.29 is 14.5 Å². The lowest BCUT2D eigenvalue weighted by atomic mass is 10.2. The zero-order valence-electron chi connectivity index (χ0n) is 7.68. The van der Waals surface area contributed by atoms with Crippen molar-refractivity contribution in [3.05, 3.63) is 39.9 Å². The van der Waals surface area contributed by atoms with Crippen molar-refractivity contribution in [2.45, 2.75) is 6.61 Å². The van der Waals surface area contributed by atoms with Gasteiger partial charge >= 0.3 is 5.97 Å². The second-order valence-corrected chi connectivity index (χ2v) is 2.95. The van der Waals surface area contributed by atoms with Crippen molar-refractivity contribution in [1.29, 1.82) is 0 Å². The summed E-state index contributed by atoms with van der Waals surface area (Å²) in [6, 6.07) is 6.06. The monoisotopic (exact) mass is 229 g/mol. The van der Waals surface area contributed by atoms with Gasteiger partial charge in [-0.1, -0.05) is 12.1 Å². The van der Waals surface area contributed by atoms with Gasteiger partial charge in [-0.3, -0.25) is 14.9 Å². The molecule has 1 aromatic rings. The van der Waals surface area contributed by atoms with Crippen LogP contribution in [0.3, 0.4) is 0 Å². The second-order valence-electron chi connectivity index (χ2n) is 2.68. The molecule has 0 atom stereocenters. The summed E-state index contributed by atoms with van der Waals surface area (Å²) in [6.45, 7) is -0.136. The Morgan fingerprint density at radius 3 is 2.73 bits per heavy atom. The zero-order valence-corrected chi connectivity index (χ0v) is 8.44. The number of halogens is 1. The molecule has 15 heavy (non-hydrogen) atoms. The molecule has 0 amide bonds. The number of rotatable bonds is 4. The lowest BCUT2D eigenvalue weighted by molar-refractivity contribution is -0.385. The number of ether oxygens (including phenoxy) is 1. The Kier molecular flexibility index (Phi) is 4.05. The highest BCUT2D eigenvalue weighted by Gasteiger charge is 2.13. The van der Waals surface area contributed by atoms with E-state index in [0.29, 0.717) is 5.56 Å². The normalized spacial score (nSPS) is 9.67. The molecule has 0 bridgehead atoms. The number of hydrogen-bond donors (Lipinski definition) is 0. The molecule has 0 heterocycles. The first-order valence-electron chi connectivity index (χ1n) is 4.09. The van der Waals surface area contributed by atoms with E-state index in [1.165, 1.54) is 12.1 Å². The van der Waals surface area contributed by atoms with Crippen LogP contribution in [0.1, 0.15) is 5.56 Å². The van der Waals surface area contributed by atoms with E-state index >= 15 is 0 Å². The molecule has 0 N–H and O–H groups in total. The van der Waals surface area contributed by atoms with Crippen molar-refractivity contribution in [2.24, 2.45) is 0 Å². The van der Waals surface area contributed by atoms with Crippen LogP contribution in [0.4, 0.5) is 5.69 Å². The lowest BCUT2D eigenvalue weighted by Gasteiger charge is -2.03. The predicted molar refractivity (Wildman–Crippen MR) is 53.6 cm³/mol. The van der Waals surface area contributed by atoms with Gasteiger partial charge in [-0.05, 0) is 6.07 Å². The molecule has 0 radical (unpaired) electrons. The number of nitrogens with zero attached hydrogens (tertiary/aromatic N) is 1. The Morgan fingerprint density at radius 2 is 2.13 bits per heavy atom. The fraction of sp³-hybridized carbons (Fsp3) is 0.222. The summed E-state index contributed by atoms with van der Waals surface area (Å²) in [5, 5.41) is 10.6. The number of nitro groups is 1. The Labute approximate surface area is 90.8 Å². The van der Waals surface area contributed by atoms with Gasteiger partial charge in [0.15, 0.2) is 0 Å². The molecule has 80 valence electrons. The SMILES string of the molecule is O=C(CCl)OCc1ccccc1[N+](=O)[O-]. The fourth-order valence-corrected chi connectivity index (χ4v) is 1.08. The van der Waals surface area contributed by atoms with Gasteiger partial charge in [0.25, 0.3) is 5.69 Å². The van der Waals surface area contributed by atoms with Crippen molar-refractivity contribution in [1.82, 2.24) is 0 Å². The Morgan fingerprint density at radius 1 is 1.47 bits per heavy atom. The smallest absolute Gasteiger partial charge is 0.321 e. The summed E-state index contributed by atoms with van der Waals surface area (Å²) < 4.78 is 4.69. The molecule has 6 heteroatoms. The maximum absolute atomic E-state index is 10.7. The zero-order chi connectivity index (χ0) is 11.3. The first-order chi connectivity index (χ1) is 7.15. The number of esters is 1. The molecule has 0 aliphatic rings. The average molecular weight is 230 g/mol. The van der Waals surface area contributed by atoms with E-state index in [2.05, 4.69) is 0 Å². The van der Waals surface area contributed by atoms with Gasteiger partial charge in [-0.2, -0.15) is 0 Å². The number of carbonyl (C=O) groups is 1. The van der Waals surface area contributed by atoms with Gasteiger partial charge in [-0.15, -0.1) is 11.6 Å². The van der Waals surface area contributed by atoms with Crippen LogP contribution in [-0.4, -0.2) is 16.8 Å². The molecule has 0 saturated carbocycles. The van der Waals surface area contributed by atoms with Crippen LogP contribution in [0.15, 0.2) is 24.3 Å². The van der Waals surface area contributed by atoms with E-state index < -0.39 is 10.9 Å². The maximum atomic E-state index is 10.7. The summed E-state index contributed by atoms with van der Waals surface area (Å²) in [5.74, 6) is -0.865. The molecule has 5 nitrogen and oxygen atoms in total. The van der Waals surface area contributed by atoms with E-state index in [-0.39, 0.29) is 18.2 Å². The Bertz CT molecular complexity index is 380. The van der Waals surface area contributed by atoms with Crippen LogP contribution in [0.25, 0.3) is 0 Å². The first kappa shape index (κ1) is 11.5. The Hall–Kier alpha value is -1.62. The molecule has 0 fully saturated rings. The maximum Gasteiger partial charge on any atom is 0.321 e. The van der Waals surface area contributed by atoms with Gasteiger partial charge in [-0.25, -0.2) is 0 Å². The van der Waals surface area contributed by atoms with Crippen molar-refractivity contribution in [3.63, 3.8) is 0 Å². The third kappa shape index (κ3) is 3.21. The average Bonchev–Trinajstić information content (AvgIpc) is 2.26. The molecule has 0 spiro atoms. The molecule has 1 aromatic carbocycles. The van der Waals surface area contributed by atoms with Crippen molar-refractivity contribution in [2.75, 3.05) is 5.88 Å². The Balaban J connectivity index is 2.76. The highest BCUT2D eigenvalue weighted by molar-refractivity contribution is 6.26. The third-order valence-electron chi connectivity index (χ3n) is 1.69. The number of alkyl halides is 1. The predicted octanol–water partition coefficient (Wildman–Crippen LogP) is 1.88. The largest absolute Gasteiger partial charge is 0.460 e. The first-order valence-corrected chi connectivity index (χ1v) is 4.62. The summed E-state index contributed by atoms with van der Waals surface area (Å²) in [4.78, 5) is 20.8. The third-order valence-corrected chi connectivity index (χ3v) is 1.90. The highest BCUT2D eigenvalue weighted by Crippen LogP contribution is 2.18. The molecule has 0 aromatic heterocycles. The number of hydrogen-bond acceptors (Lipinski definition) is 4. The molecule has 1 rings (SSSR count). The molecule has 0 aliphatic carbocycles. The van der Waals surface area contributed by atoms with Crippen molar-refractivity contribution >= 4 is 23.3 Å². The van der Waals surface area contributed by atoms with E-state index in [0.717, 1.165) is 0 Å². The fourth-order valence-electron chi connectivity index (χ4n) is 1.01. The molecule has 0 saturated heterocycles. The summed E-state index contributed by atoms with van der Waals surface area (Å²) >= 11 is 5.21. The van der Waals surface area contributed by atoms with Gasteiger partial charge in [0, 0.05) is 6.07 Å². The standard InChI is InChI=1S/C9H8ClNO4/c10-5-9(12)15-6-7-3-1-2-4-8(7)11(13)14/h1-4H,5-6H2. The van der Waals surface area contributed by atoms with Crippen LogP contribution >= 0.6 is 11.6 Å².